The van der Waals surface area contributed by atoms with E-state index in [2.05, 4.69) is 17.0 Å². The Labute approximate surface area is 188 Å². The first-order chi connectivity index (χ1) is 15.3. The van der Waals surface area contributed by atoms with Crippen LogP contribution in [0, 0.1) is 5.82 Å². The van der Waals surface area contributed by atoms with E-state index < -0.39 is 59.0 Å². The lowest BCUT2D eigenvalue weighted by Gasteiger charge is -2.25. The number of halogens is 4. The number of rotatable bonds is 9. The number of esters is 1. The van der Waals surface area contributed by atoms with Crippen molar-refractivity contribution in [1.29, 1.82) is 0 Å². The van der Waals surface area contributed by atoms with Crippen molar-refractivity contribution in [1.82, 2.24) is 5.32 Å². The smallest absolute Gasteiger partial charge is 0.416 e. The highest BCUT2D eigenvalue weighted by atomic mass is 19.4. The number of nitrogens with one attached hydrogen (secondary N) is 1. The average molecular weight is 474 g/mol. The molecule has 1 amide bonds. The Balaban J connectivity index is 2.98. The van der Waals surface area contributed by atoms with Crippen LogP contribution < -0.4 is 5.32 Å². The van der Waals surface area contributed by atoms with Gasteiger partial charge in [-0.15, -0.1) is 0 Å². The first-order valence-electron chi connectivity index (χ1n) is 9.77. The van der Waals surface area contributed by atoms with Crippen LogP contribution in [-0.2, 0) is 25.2 Å². The molecule has 7 nitrogen and oxygen atoms in total. The molecular formula is C22H26F4N2O5. The van der Waals surface area contributed by atoms with Crippen LogP contribution in [0.15, 0.2) is 46.5 Å². The van der Waals surface area contributed by atoms with Crippen molar-refractivity contribution in [2.75, 3.05) is 7.11 Å². The fraction of sp³-hybridized carbons (Fsp3) is 0.409. The van der Waals surface area contributed by atoms with Gasteiger partial charge in [0.2, 0.25) is 0 Å². The van der Waals surface area contributed by atoms with Gasteiger partial charge >= 0.3 is 12.1 Å². The Hall–Kier alpha value is -3.37. The molecule has 0 aliphatic rings. The minimum atomic E-state index is -4.80. The molecule has 1 aromatic rings. The summed E-state index contributed by atoms with van der Waals surface area (Å²) >= 11 is 0. The van der Waals surface area contributed by atoms with Gasteiger partial charge in [0.05, 0.1) is 12.7 Å². The number of carbonyl (C=O) groups is 2. The van der Waals surface area contributed by atoms with Crippen molar-refractivity contribution >= 4 is 18.6 Å². The van der Waals surface area contributed by atoms with E-state index in [9.17, 15) is 32.3 Å². The lowest BCUT2D eigenvalue weighted by molar-refractivity contribution is -0.152. The fourth-order valence-corrected chi connectivity index (χ4v) is 2.86. The van der Waals surface area contributed by atoms with Gasteiger partial charge in [-0.05, 0) is 51.3 Å². The molecule has 0 spiro atoms. The molecule has 1 aromatic carbocycles. The fourth-order valence-electron chi connectivity index (χ4n) is 2.86. The van der Waals surface area contributed by atoms with Gasteiger partial charge in [-0.25, -0.2) is 9.18 Å². The molecule has 0 fully saturated rings. The highest BCUT2D eigenvalue weighted by Gasteiger charge is 2.36. The second-order valence-electron chi connectivity index (χ2n) is 7.07. The van der Waals surface area contributed by atoms with Crippen LogP contribution in [0.1, 0.15) is 44.7 Å². The van der Waals surface area contributed by atoms with Gasteiger partial charge in [0.25, 0.3) is 5.91 Å². The molecule has 0 saturated carbocycles. The minimum Gasteiger partial charge on any atom is -0.503 e. The zero-order chi connectivity index (χ0) is 25.5. The Kier molecular flexibility index (Phi) is 9.63. The van der Waals surface area contributed by atoms with E-state index in [1.54, 1.807) is 6.92 Å². The van der Waals surface area contributed by atoms with Gasteiger partial charge in [-0.1, -0.05) is 13.0 Å². The number of aliphatic imine (C=N–C) groups is 1. The maximum atomic E-state index is 13.4. The first kappa shape index (κ1) is 27.7. The van der Waals surface area contributed by atoms with Gasteiger partial charge in [-0.3, -0.25) is 9.79 Å². The predicted octanol–water partition coefficient (Wildman–Crippen LogP) is 4.40. The molecular weight excluding hydrogens is 448 g/mol. The number of hydrogen-bond acceptors (Lipinski definition) is 6. The summed E-state index contributed by atoms with van der Waals surface area (Å²) in [7, 11) is 1.26. The second-order valence-corrected chi connectivity index (χ2v) is 7.07. The van der Waals surface area contributed by atoms with Crippen molar-refractivity contribution in [2.45, 2.75) is 51.9 Å². The standard InChI is InChI=1S/C22H26F4N2O5/c1-7-17(32-6)19(29)18(27-5)20(30)28-12(3)21(31)33-13(4)11(2)15-9-8-14(23)10-16(15)22(24,25)26/h7-13,29H,5H2,1-4,6H3,(H,28,30)/b17-7+,19-18+/t11-,12-,13+/m0/s1. The number of hydrogen-bond donors (Lipinski definition) is 2. The van der Waals surface area contributed by atoms with Crippen molar-refractivity contribution in [3.63, 3.8) is 0 Å². The Bertz CT molecular complexity index is 957. The molecule has 0 bridgehead atoms. The van der Waals surface area contributed by atoms with Crippen LogP contribution in [-0.4, -0.2) is 43.0 Å². The van der Waals surface area contributed by atoms with E-state index >= 15 is 0 Å². The van der Waals surface area contributed by atoms with Crippen LogP contribution in [0.5, 0.6) is 0 Å². The normalized spacial score (nSPS) is 15.6. The quantitative estimate of drug-likeness (QED) is 0.138. The van der Waals surface area contributed by atoms with E-state index in [4.69, 9.17) is 9.47 Å². The number of ether oxygens (including phenoxy) is 2. The molecule has 33 heavy (non-hydrogen) atoms. The predicted molar refractivity (Wildman–Crippen MR) is 113 cm³/mol. The van der Waals surface area contributed by atoms with Crippen molar-refractivity contribution in [3.05, 3.63) is 58.4 Å². The average Bonchev–Trinajstić information content (AvgIpc) is 2.73. The summed E-state index contributed by atoms with van der Waals surface area (Å²) in [6.07, 6.45) is -4.47. The highest BCUT2D eigenvalue weighted by Crippen LogP contribution is 2.37. The molecule has 3 atom stereocenters. The summed E-state index contributed by atoms with van der Waals surface area (Å²) in [5, 5.41) is 12.4. The third kappa shape index (κ3) is 7.06. The number of amides is 1. The number of nitrogens with zero attached hydrogens (tertiary/aromatic N) is 1. The third-order valence-corrected chi connectivity index (χ3v) is 4.83. The topological polar surface area (TPSA) is 97.2 Å². The molecule has 0 unspecified atom stereocenters. The number of benzene rings is 1. The van der Waals surface area contributed by atoms with E-state index in [1.165, 1.54) is 34.0 Å². The highest BCUT2D eigenvalue weighted by molar-refractivity contribution is 5.97. The lowest BCUT2D eigenvalue weighted by Crippen LogP contribution is -2.42. The summed E-state index contributed by atoms with van der Waals surface area (Å²) in [6, 6.07) is 1.01. The number of methoxy groups -OCH3 is 1. The van der Waals surface area contributed by atoms with Gasteiger partial charge in [0.15, 0.2) is 17.2 Å². The van der Waals surface area contributed by atoms with Crippen LogP contribution in [0.4, 0.5) is 17.6 Å². The van der Waals surface area contributed by atoms with Crippen LogP contribution in [0.25, 0.3) is 0 Å². The van der Waals surface area contributed by atoms with Gasteiger partial charge < -0.3 is 19.9 Å². The maximum Gasteiger partial charge on any atom is 0.416 e. The Morgan fingerprint density at radius 1 is 1.24 bits per heavy atom. The molecule has 182 valence electrons. The summed E-state index contributed by atoms with van der Waals surface area (Å²) in [4.78, 5) is 28.2. The molecule has 0 aliphatic carbocycles. The maximum absolute atomic E-state index is 13.4. The van der Waals surface area contributed by atoms with E-state index in [-0.39, 0.29) is 11.3 Å². The summed E-state index contributed by atoms with van der Waals surface area (Å²) in [6.45, 7) is 8.79. The van der Waals surface area contributed by atoms with E-state index in [0.717, 1.165) is 12.1 Å². The zero-order valence-electron chi connectivity index (χ0n) is 18.8. The molecule has 11 heteroatoms. The Morgan fingerprint density at radius 3 is 2.33 bits per heavy atom. The SMILES string of the molecule is C=N/C(C(=O)N[C@@H](C)C(=O)O[C@H](C)[C@H](C)c1ccc(F)cc1C(F)(F)F)=C(O)\C(=C/C)OC. The second kappa shape index (κ2) is 11.5. The zero-order valence-corrected chi connectivity index (χ0v) is 18.8. The monoisotopic (exact) mass is 474 g/mol. The van der Waals surface area contributed by atoms with E-state index in [1.807, 2.05) is 0 Å². The number of carbonyl (C=O) groups excluding carboxylic acids is 2. The molecule has 2 N–H and O–H groups in total. The van der Waals surface area contributed by atoms with Crippen molar-refractivity contribution in [3.8, 4) is 0 Å². The third-order valence-electron chi connectivity index (χ3n) is 4.83. The largest absolute Gasteiger partial charge is 0.503 e. The van der Waals surface area contributed by atoms with Gasteiger partial charge in [0, 0.05) is 5.92 Å². The summed E-state index contributed by atoms with van der Waals surface area (Å²) < 4.78 is 63.4. The van der Waals surface area contributed by atoms with Crippen LogP contribution in [0.2, 0.25) is 0 Å². The summed E-state index contributed by atoms with van der Waals surface area (Å²) in [5.41, 5.74) is -1.92. The molecule has 1 rings (SSSR count). The lowest BCUT2D eigenvalue weighted by atomic mass is 9.91. The minimum absolute atomic E-state index is 0.0509. The van der Waals surface area contributed by atoms with Crippen LogP contribution >= 0.6 is 0 Å². The number of alkyl halides is 3. The molecule has 0 aliphatic heterocycles. The van der Waals surface area contributed by atoms with E-state index in [0.29, 0.717) is 6.07 Å². The van der Waals surface area contributed by atoms with Gasteiger partial charge in [-0.2, -0.15) is 13.2 Å². The van der Waals surface area contributed by atoms with Gasteiger partial charge in [0.1, 0.15) is 18.0 Å². The number of aliphatic hydroxyl groups is 1. The summed E-state index contributed by atoms with van der Waals surface area (Å²) in [5.74, 6) is -4.55. The molecule has 0 heterocycles. The first-order valence-corrected chi connectivity index (χ1v) is 9.77. The number of allylic oxidation sites excluding steroid dienone is 1. The van der Waals surface area contributed by atoms with Crippen molar-refractivity contribution < 1.29 is 41.7 Å². The molecule has 0 aromatic heterocycles. The molecule has 0 radical (unpaired) electrons. The number of aliphatic hydroxyl groups excluding tert-OH is 1. The van der Waals surface area contributed by atoms with Crippen molar-refractivity contribution in [2.24, 2.45) is 4.99 Å². The van der Waals surface area contributed by atoms with Crippen LogP contribution in [0.3, 0.4) is 0 Å². The molecule has 0 saturated heterocycles. The Morgan fingerprint density at radius 2 is 1.85 bits per heavy atom.